The van der Waals surface area contributed by atoms with E-state index in [0.717, 1.165) is 17.2 Å². The fourth-order valence-corrected chi connectivity index (χ4v) is 1.74. The average Bonchev–Trinajstić information content (AvgIpc) is 2.52. The van der Waals surface area contributed by atoms with Crippen molar-refractivity contribution in [2.24, 2.45) is 0 Å². The van der Waals surface area contributed by atoms with E-state index in [2.05, 4.69) is 6.07 Å². The molecule has 0 saturated heterocycles. The number of aliphatic carboxylic acids is 1. The van der Waals surface area contributed by atoms with Crippen molar-refractivity contribution in [2.75, 3.05) is 0 Å². The number of hydrogen-bond acceptors (Lipinski definition) is 3. The molecule has 1 N–H and O–H groups in total. The Morgan fingerprint density at radius 2 is 1.90 bits per heavy atom. The van der Waals surface area contributed by atoms with E-state index in [0.29, 0.717) is 17.9 Å². The van der Waals surface area contributed by atoms with Gasteiger partial charge in [0.15, 0.2) is 0 Å². The van der Waals surface area contributed by atoms with Gasteiger partial charge in [0.05, 0.1) is 5.56 Å². The number of para-hydroxylation sites is 1. The second-order valence-electron chi connectivity index (χ2n) is 4.31. The van der Waals surface area contributed by atoms with Gasteiger partial charge in [-0.15, -0.1) is 0 Å². The van der Waals surface area contributed by atoms with Crippen molar-refractivity contribution in [1.29, 1.82) is 5.26 Å². The molecule has 0 saturated carbocycles. The summed E-state index contributed by atoms with van der Waals surface area (Å²) < 4.78 is 5.62. The summed E-state index contributed by atoms with van der Waals surface area (Å²) in [6, 6.07) is 16.5. The highest BCUT2D eigenvalue weighted by Gasteiger charge is 2.02. The molecule has 0 aliphatic carbocycles. The molecule has 0 atom stereocenters. The van der Waals surface area contributed by atoms with Crippen molar-refractivity contribution < 1.29 is 14.6 Å². The lowest BCUT2D eigenvalue weighted by molar-refractivity contribution is -0.131. The van der Waals surface area contributed by atoms with Crippen LogP contribution in [0, 0.1) is 11.3 Å². The lowest BCUT2D eigenvalue weighted by Gasteiger charge is -2.07. The normalized spacial score (nSPS) is 10.2. The highest BCUT2D eigenvalue weighted by atomic mass is 16.5. The molecule has 0 aliphatic rings. The molecule has 21 heavy (non-hydrogen) atoms. The topological polar surface area (TPSA) is 70.3 Å². The number of carboxylic acid groups (broad SMARTS) is 1. The van der Waals surface area contributed by atoms with Crippen molar-refractivity contribution in [2.45, 2.75) is 6.61 Å². The minimum Gasteiger partial charge on any atom is -0.488 e. The van der Waals surface area contributed by atoms with Gasteiger partial charge in [0.1, 0.15) is 18.4 Å². The Bertz CT molecular complexity index is 697. The van der Waals surface area contributed by atoms with Crippen LogP contribution in [0.3, 0.4) is 0 Å². The van der Waals surface area contributed by atoms with Crippen molar-refractivity contribution >= 4 is 12.0 Å². The van der Waals surface area contributed by atoms with E-state index in [9.17, 15) is 4.79 Å². The van der Waals surface area contributed by atoms with Crippen LogP contribution in [0.4, 0.5) is 0 Å². The van der Waals surface area contributed by atoms with Crippen molar-refractivity contribution in [1.82, 2.24) is 0 Å². The zero-order valence-corrected chi connectivity index (χ0v) is 11.2. The van der Waals surface area contributed by atoms with Gasteiger partial charge in [-0.2, -0.15) is 5.26 Å². The molecule has 2 aromatic rings. The van der Waals surface area contributed by atoms with Crippen LogP contribution in [-0.2, 0) is 11.4 Å². The molecule has 0 aromatic heterocycles. The number of carboxylic acids is 1. The molecule has 0 aliphatic heterocycles. The van der Waals surface area contributed by atoms with Gasteiger partial charge in [0.25, 0.3) is 0 Å². The van der Waals surface area contributed by atoms with Gasteiger partial charge in [-0.05, 0) is 29.3 Å². The molecule has 4 heteroatoms. The Hall–Kier alpha value is -3.06. The first-order chi connectivity index (χ1) is 10.2. The molecular weight excluding hydrogens is 266 g/mol. The number of benzene rings is 2. The number of ether oxygens (including phenoxy) is 1. The fourth-order valence-electron chi connectivity index (χ4n) is 1.74. The van der Waals surface area contributed by atoms with E-state index in [1.54, 1.807) is 18.2 Å². The van der Waals surface area contributed by atoms with Crippen LogP contribution < -0.4 is 4.74 Å². The van der Waals surface area contributed by atoms with E-state index >= 15 is 0 Å². The standard InChI is InChI=1S/C17H13NO3/c18-11-15-3-1-2-4-16(15)21-12-14-7-5-13(6-8-14)9-10-17(19)20/h1-10H,12H2,(H,19,20). The first kappa shape index (κ1) is 14.4. The Kier molecular flexibility index (Phi) is 4.73. The lowest BCUT2D eigenvalue weighted by atomic mass is 10.1. The fraction of sp³-hybridized carbons (Fsp3) is 0.0588. The Morgan fingerprint density at radius 3 is 2.57 bits per heavy atom. The van der Waals surface area contributed by atoms with Gasteiger partial charge in [0, 0.05) is 6.08 Å². The molecule has 4 nitrogen and oxygen atoms in total. The largest absolute Gasteiger partial charge is 0.488 e. The molecule has 2 rings (SSSR count). The van der Waals surface area contributed by atoms with E-state index in [1.165, 1.54) is 6.08 Å². The molecule has 0 spiro atoms. The first-order valence-corrected chi connectivity index (χ1v) is 6.31. The van der Waals surface area contributed by atoms with Gasteiger partial charge in [-0.3, -0.25) is 0 Å². The van der Waals surface area contributed by atoms with Gasteiger partial charge in [-0.1, -0.05) is 36.4 Å². The molecule has 104 valence electrons. The molecular formula is C17H13NO3. The van der Waals surface area contributed by atoms with Crippen LogP contribution in [0.1, 0.15) is 16.7 Å². The molecule has 0 fully saturated rings. The number of rotatable bonds is 5. The van der Waals surface area contributed by atoms with E-state index < -0.39 is 5.97 Å². The third kappa shape index (κ3) is 4.22. The Balaban J connectivity index is 2.01. The van der Waals surface area contributed by atoms with Gasteiger partial charge >= 0.3 is 5.97 Å². The van der Waals surface area contributed by atoms with Crippen LogP contribution >= 0.6 is 0 Å². The van der Waals surface area contributed by atoms with Crippen LogP contribution in [0.5, 0.6) is 5.75 Å². The summed E-state index contributed by atoms with van der Waals surface area (Å²) in [5.74, 6) is -0.426. The van der Waals surface area contributed by atoms with Crippen molar-refractivity contribution in [3.8, 4) is 11.8 Å². The zero-order valence-electron chi connectivity index (χ0n) is 11.2. The summed E-state index contributed by atoms with van der Waals surface area (Å²) in [5, 5.41) is 17.5. The number of nitrogens with zero attached hydrogens (tertiary/aromatic N) is 1. The summed E-state index contributed by atoms with van der Waals surface area (Å²) in [7, 11) is 0. The van der Waals surface area contributed by atoms with Gasteiger partial charge < -0.3 is 9.84 Å². The molecule has 0 radical (unpaired) electrons. The maximum atomic E-state index is 10.4. The second kappa shape index (κ2) is 6.92. The van der Waals surface area contributed by atoms with Crippen molar-refractivity contribution in [3.63, 3.8) is 0 Å². The van der Waals surface area contributed by atoms with Crippen molar-refractivity contribution in [3.05, 3.63) is 71.3 Å². The van der Waals surface area contributed by atoms with Crippen LogP contribution in [-0.4, -0.2) is 11.1 Å². The molecule has 0 bridgehead atoms. The zero-order chi connectivity index (χ0) is 15.1. The lowest BCUT2D eigenvalue weighted by Crippen LogP contribution is -1.97. The SMILES string of the molecule is N#Cc1ccccc1OCc1ccc(C=CC(=O)O)cc1. The van der Waals surface area contributed by atoms with Crippen LogP contribution in [0.2, 0.25) is 0 Å². The number of hydrogen-bond donors (Lipinski definition) is 1. The predicted molar refractivity (Wildman–Crippen MR) is 78.6 cm³/mol. The first-order valence-electron chi connectivity index (χ1n) is 6.31. The van der Waals surface area contributed by atoms with E-state index in [4.69, 9.17) is 15.1 Å². The second-order valence-corrected chi connectivity index (χ2v) is 4.31. The highest BCUT2D eigenvalue weighted by molar-refractivity contribution is 5.85. The number of carbonyl (C=O) groups is 1. The Morgan fingerprint density at radius 1 is 1.19 bits per heavy atom. The van der Waals surface area contributed by atoms with E-state index in [1.807, 2.05) is 30.3 Å². The Labute approximate surface area is 122 Å². The quantitative estimate of drug-likeness (QED) is 0.853. The smallest absolute Gasteiger partial charge is 0.328 e. The summed E-state index contributed by atoms with van der Waals surface area (Å²) >= 11 is 0. The summed E-state index contributed by atoms with van der Waals surface area (Å²) in [4.78, 5) is 10.4. The maximum absolute atomic E-state index is 10.4. The third-order valence-electron chi connectivity index (χ3n) is 2.80. The van der Waals surface area contributed by atoms with E-state index in [-0.39, 0.29) is 0 Å². The van der Waals surface area contributed by atoms with Crippen LogP contribution in [0.15, 0.2) is 54.6 Å². The van der Waals surface area contributed by atoms with Crippen LogP contribution in [0.25, 0.3) is 6.08 Å². The monoisotopic (exact) mass is 279 g/mol. The summed E-state index contributed by atoms with van der Waals surface area (Å²) in [6.45, 7) is 0.349. The maximum Gasteiger partial charge on any atom is 0.328 e. The van der Waals surface area contributed by atoms with Gasteiger partial charge in [0.2, 0.25) is 0 Å². The number of nitriles is 1. The molecule has 2 aromatic carbocycles. The molecule has 0 heterocycles. The predicted octanol–water partition coefficient (Wildman–Crippen LogP) is 3.24. The minimum absolute atomic E-state index is 0.349. The summed E-state index contributed by atoms with van der Waals surface area (Å²) in [5.41, 5.74) is 2.24. The highest BCUT2D eigenvalue weighted by Crippen LogP contribution is 2.18. The third-order valence-corrected chi connectivity index (χ3v) is 2.80. The molecule has 0 amide bonds. The molecule has 0 unspecified atom stereocenters. The minimum atomic E-state index is -0.976. The van der Waals surface area contributed by atoms with Gasteiger partial charge in [-0.25, -0.2) is 4.79 Å². The summed E-state index contributed by atoms with van der Waals surface area (Å²) in [6.07, 6.45) is 2.62. The average molecular weight is 279 g/mol.